The monoisotopic (exact) mass is 246 g/mol. The van der Waals surface area contributed by atoms with Crippen molar-refractivity contribution < 1.29 is 0 Å². The Hall–Kier alpha value is -1.28. The van der Waals surface area contributed by atoms with Crippen molar-refractivity contribution in [3.8, 4) is 0 Å². The zero-order valence-electron chi connectivity index (χ0n) is 11.7. The van der Waals surface area contributed by atoms with Gasteiger partial charge in [-0.05, 0) is 56.0 Å². The predicted molar refractivity (Wildman–Crippen MR) is 80.2 cm³/mol. The van der Waals surface area contributed by atoms with Crippen LogP contribution in [0.15, 0.2) is 48.9 Å². The van der Waals surface area contributed by atoms with Crippen molar-refractivity contribution in [3.63, 3.8) is 0 Å². The zero-order chi connectivity index (χ0) is 13.4. The third-order valence-corrected chi connectivity index (χ3v) is 3.62. The van der Waals surface area contributed by atoms with Crippen LogP contribution in [-0.2, 0) is 0 Å². The molecule has 0 saturated carbocycles. The van der Waals surface area contributed by atoms with Gasteiger partial charge in [0, 0.05) is 12.2 Å². The van der Waals surface area contributed by atoms with Gasteiger partial charge in [-0.1, -0.05) is 32.2 Å². The second-order valence-electron chi connectivity index (χ2n) is 4.74. The molecule has 2 unspecified atom stereocenters. The summed E-state index contributed by atoms with van der Waals surface area (Å²) in [7, 11) is 2.04. The van der Waals surface area contributed by atoms with E-state index in [1.165, 1.54) is 24.0 Å². The van der Waals surface area contributed by atoms with Crippen LogP contribution in [0.4, 0.5) is 0 Å². The quantitative estimate of drug-likeness (QED) is 0.530. The van der Waals surface area contributed by atoms with Crippen LogP contribution in [-0.4, -0.2) is 13.1 Å². The third kappa shape index (κ3) is 3.88. The molecule has 0 aromatic rings. The molecule has 1 rings (SSSR count). The SMILES string of the molecule is C=CN/C=C(/C(=C)CC)C(NC)C1CC=CCC1. The highest BCUT2D eigenvalue weighted by Crippen LogP contribution is 2.28. The lowest BCUT2D eigenvalue weighted by Gasteiger charge is -2.30. The average molecular weight is 246 g/mol. The summed E-state index contributed by atoms with van der Waals surface area (Å²) in [5.74, 6) is 0.654. The third-order valence-electron chi connectivity index (χ3n) is 3.62. The molecule has 2 atom stereocenters. The lowest BCUT2D eigenvalue weighted by Crippen LogP contribution is -2.37. The van der Waals surface area contributed by atoms with E-state index in [9.17, 15) is 0 Å². The van der Waals surface area contributed by atoms with Crippen molar-refractivity contribution in [2.24, 2.45) is 5.92 Å². The highest BCUT2D eigenvalue weighted by molar-refractivity contribution is 5.33. The van der Waals surface area contributed by atoms with Gasteiger partial charge in [-0.3, -0.25) is 0 Å². The summed E-state index contributed by atoms with van der Waals surface area (Å²) in [5.41, 5.74) is 2.47. The maximum atomic E-state index is 4.19. The first-order valence-corrected chi connectivity index (χ1v) is 6.82. The molecule has 1 aliphatic rings. The molecule has 0 heterocycles. The van der Waals surface area contributed by atoms with Crippen LogP contribution in [0.3, 0.4) is 0 Å². The van der Waals surface area contributed by atoms with Crippen molar-refractivity contribution in [1.82, 2.24) is 10.6 Å². The molecule has 1 aliphatic carbocycles. The molecular weight excluding hydrogens is 220 g/mol. The number of hydrogen-bond donors (Lipinski definition) is 2. The molecule has 0 radical (unpaired) electrons. The van der Waals surface area contributed by atoms with Gasteiger partial charge in [0.1, 0.15) is 0 Å². The number of allylic oxidation sites excluding steroid dienone is 2. The van der Waals surface area contributed by atoms with E-state index in [2.05, 4.69) is 42.9 Å². The summed E-state index contributed by atoms with van der Waals surface area (Å²) < 4.78 is 0. The molecule has 18 heavy (non-hydrogen) atoms. The first kappa shape index (κ1) is 14.8. The number of hydrogen-bond acceptors (Lipinski definition) is 2. The summed E-state index contributed by atoms with van der Waals surface area (Å²) in [6, 6.07) is 0.370. The maximum absolute atomic E-state index is 4.19. The summed E-state index contributed by atoms with van der Waals surface area (Å²) >= 11 is 0. The lowest BCUT2D eigenvalue weighted by molar-refractivity contribution is 0.382. The van der Waals surface area contributed by atoms with Gasteiger partial charge in [-0.25, -0.2) is 0 Å². The van der Waals surface area contributed by atoms with Crippen LogP contribution in [0.2, 0.25) is 0 Å². The van der Waals surface area contributed by atoms with Gasteiger partial charge in [0.2, 0.25) is 0 Å². The molecule has 0 aromatic heterocycles. The van der Waals surface area contributed by atoms with Gasteiger partial charge < -0.3 is 10.6 Å². The Balaban J connectivity index is 2.88. The van der Waals surface area contributed by atoms with Gasteiger partial charge in [-0.15, -0.1) is 0 Å². The minimum atomic E-state index is 0.370. The van der Waals surface area contributed by atoms with Crippen LogP contribution >= 0.6 is 0 Å². The van der Waals surface area contributed by atoms with Gasteiger partial charge in [0.05, 0.1) is 0 Å². The molecule has 0 amide bonds. The molecule has 100 valence electrons. The van der Waals surface area contributed by atoms with Crippen molar-refractivity contribution in [3.05, 3.63) is 48.9 Å². The maximum Gasteiger partial charge on any atom is 0.0366 e. The summed E-state index contributed by atoms with van der Waals surface area (Å²) in [4.78, 5) is 0. The predicted octanol–water partition coefficient (Wildman–Crippen LogP) is 3.51. The molecule has 0 spiro atoms. The van der Waals surface area contributed by atoms with Crippen molar-refractivity contribution in [2.45, 2.75) is 38.6 Å². The summed E-state index contributed by atoms with van der Waals surface area (Å²) in [6.07, 6.45) is 12.9. The molecular formula is C16H26N2. The number of rotatable bonds is 7. The van der Waals surface area contributed by atoms with E-state index >= 15 is 0 Å². The number of nitrogens with one attached hydrogen (secondary N) is 2. The Morgan fingerprint density at radius 2 is 2.28 bits per heavy atom. The summed E-state index contributed by atoms with van der Waals surface area (Å²) in [5, 5.41) is 6.56. The minimum Gasteiger partial charge on any atom is -0.368 e. The van der Waals surface area contributed by atoms with Crippen molar-refractivity contribution >= 4 is 0 Å². The Bertz CT molecular complexity index is 339. The Morgan fingerprint density at radius 3 is 2.78 bits per heavy atom. The van der Waals surface area contributed by atoms with Crippen molar-refractivity contribution in [2.75, 3.05) is 7.05 Å². The largest absolute Gasteiger partial charge is 0.368 e. The second-order valence-corrected chi connectivity index (χ2v) is 4.74. The normalized spacial score (nSPS) is 21.4. The number of likely N-dealkylation sites (N-methyl/N-ethyl adjacent to an activating group) is 1. The molecule has 0 saturated heterocycles. The fourth-order valence-electron chi connectivity index (χ4n) is 2.53. The zero-order valence-corrected chi connectivity index (χ0v) is 11.7. The Morgan fingerprint density at radius 1 is 1.50 bits per heavy atom. The minimum absolute atomic E-state index is 0.370. The average Bonchev–Trinajstić information content (AvgIpc) is 2.43. The van der Waals surface area contributed by atoms with Crippen LogP contribution < -0.4 is 10.6 Å². The standard InChI is InChI=1S/C16H26N2/c1-5-13(3)15(12-18-6-2)16(17-4)14-10-8-7-9-11-14/h6-8,12,14,16-18H,2-3,5,9-11H2,1,4H3/b15-12-. The van der Waals surface area contributed by atoms with E-state index < -0.39 is 0 Å². The van der Waals surface area contributed by atoms with Gasteiger partial charge in [0.25, 0.3) is 0 Å². The Labute approximate surface area is 112 Å². The first-order chi connectivity index (χ1) is 8.74. The fraction of sp³-hybridized carbons (Fsp3) is 0.500. The van der Waals surface area contributed by atoms with E-state index in [0.717, 1.165) is 12.8 Å². The molecule has 0 aromatic carbocycles. The van der Waals surface area contributed by atoms with E-state index in [0.29, 0.717) is 12.0 Å². The highest BCUT2D eigenvalue weighted by Gasteiger charge is 2.24. The van der Waals surface area contributed by atoms with Crippen LogP contribution in [0.5, 0.6) is 0 Å². The van der Waals surface area contributed by atoms with E-state index in [-0.39, 0.29) is 0 Å². The smallest absolute Gasteiger partial charge is 0.0366 e. The Kier molecular flexibility index (Phi) is 6.51. The second kappa shape index (κ2) is 7.93. The van der Waals surface area contributed by atoms with Crippen LogP contribution in [0, 0.1) is 5.92 Å². The van der Waals surface area contributed by atoms with Gasteiger partial charge in [-0.2, -0.15) is 0 Å². The fourth-order valence-corrected chi connectivity index (χ4v) is 2.53. The topological polar surface area (TPSA) is 24.1 Å². The van der Waals surface area contributed by atoms with Gasteiger partial charge in [0.15, 0.2) is 0 Å². The van der Waals surface area contributed by atoms with Crippen LogP contribution in [0.25, 0.3) is 0 Å². The van der Waals surface area contributed by atoms with Crippen molar-refractivity contribution in [1.29, 1.82) is 0 Å². The van der Waals surface area contributed by atoms with E-state index in [4.69, 9.17) is 0 Å². The molecule has 2 nitrogen and oxygen atoms in total. The van der Waals surface area contributed by atoms with E-state index in [1.807, 2.05) is 13.2 Å². The molecule has 0 bridgehead atoms. The van der Waals surface area contributed by atoms with E-state index in [1.54, 1.807) is 6.20 Å². The van der Waals surface area contributed by atoms with Crippen LogP contribution in [0.1, 0.15) is 32.6 Å². The molecule has 0 fully saturated rings. The lowest BCUT2D eigenvalue weighted by atomic mass is 9.82. The molecule has 2 N–H and O–H groups in total. The summed E-state index contributed by atoms with van der Waals surface area (Å²) in [6.45, 7) is 10.0. The molecule has 0 aliphatic heterocycles. The molecule has 2 heteroatoms. The van der Waals surface area contributed by atoms with Gasteiger partial charge >= 0.3 is 0 Å². The highest BCUT2D eigenvalue weighted by atomic mass is 14.9. The first-order valence-electron chi connectivity index (χ1n) is 6.82.